The lowest BCUT2D eigenvalue weighted by molar-refractivity contribution is 0.388. The number of methoxy groups -OCH3 is 1. The molecule has 0 fully saturated rings. The quantitative estimate of drug-likeness (QED) is 0.768. The Labute approximate surface area is 93.2 Å². The Morgan fingerprint density at radius 1 is 1.44 bits per heavy atom. The normalized spacial score (nSPS) is 10.1. The molecule has 0 aliphatic carbocycles. The lowest BCUT2D eigenvalue weighted by Crippen LogP contribution is -2.03. The molecule has 1 heterocycles. The molecule has 0 radical (unpaired) electrons. The first-order valence-electron chi connectivity index (χ1n) is 4.87. The minimum Gasteiger partial charge on any atom is -0.495 e. The fourth-order valence-electron chi connectivity index (χ4n) is 1.39. The van der Waals surface area contributed by atoms with Crippen LogP contribution in [0.5, 0.6) is 5.75 Å². The van der Waals surface area contributed by atoms with Crippen LogP contribution >= 0.6 is 0 Å². The number of aromatic nitrogens is 1. The zero-order valence-electron chi connectivity index (χ0n) is 8.93. The van der Waals surface area contributed by atoms with Crippen LogP contribution in [0.15, 0.2) is 35.0 Å². The summed E-state index contributed by atoms with van der Waals surface area (Å²) in [5, 5.41) is 6.77. The summed E-state index contributed by atoms with van der Waals surface area (Å²) >= 11 is 0. The third kappa shape index (κ3) is 2.08. The molecule has 2 aromatic rings. The van der Waals surface area contributed by atoms with E-state index in [1.54, 1.807) is 19.4 Å². The molecule has 84 valence electrons. The molecule has 1 aromatic carbocycles. The Morgan fingerprint density at radius 2 is 2.31 bits per heavy atom. The number of anilines is 2. The van der Waals surface area contributed by atoms with Crippen molar-refractivity contribution < 1.29 is 9.26 Å². The van der Waals surface area contributed by atoms with E-state index in [0.717, 1.165) is 11.4 Å². The van der Waals surface area contributed by atoms with Crippen molar-refractivity contribution in [1.82, 2.24) is 5.16 Å². The van der Waals surface area contributed by atoms with Crippen LogP contribution in [0.2, 0.25) is 0 Å². The topological polar surface area (TPSA) is 73.3 Å². The summed E-state index contributed by atoms with van der Waals surface area (Å²) in [6, 6.07) is 7.37. The Kier molecular flexibility index (Phi) is 2.95. The molecule has 3 N–H and O–H groups in total. The van der Waals surface area contributed by atoms with E-state index in [1.807, 2.05) is 18.2 Å². The summed E-state index contributed by atoms with van der Waals surface area (Å²) in [6.45, 7) is 0.539. The lowest BCUT2D eigenvalue weighted by Gasteiger charge is -2.10. The number of para-hydroxylation sites is 1. The highest BCUT2D eigenvalue weighted by Gasteiger charge is 2.05. The highest BCUT2D eigenvalue weighted by Crippen LogP contribution is 2.29. The van der Waals surface area contributed by atoms with Crippen LogP contribution in [0.4, 0.5) is 11.4 Å². The first-order chi connectivity index (χ1) is 7.81. The van der Waals surface area contributed by atoms with Crippen molar-refractivity contribution in [3.05, 3.63) is 36.2 Å². The number of nitrogens with zero attached hydrogens (tertiary/aromatic N) is 1. The van der Waals surface area contributed by atoms with Gasteiger partial charge in [-0.15, -0.1) is 0 Å². The molecule has 0 bridgehead atoms. The molecule has 0 spiro atoms. The molecular formula is C11H13N3O2. The van der Waals surface area contributed by atoms with E-state index < -0.39 is 0 Å². The van der Waals surface area contributed by atoms with Gasteiger partial charge in [-0.1, -0.05) is 11.2 Å². The number of nitrogens with two attached hydrogens (primary N) is 1. The molecule has 2 rings (SSSR count). The second-order valence-electron chi connectivity index (χ2n) is 3.25. The number of hydrogen-bond donors (Lipinski definition) is 2. The zero-order chi connectivity index (χ0) is 11.4. The summed E-state index contributed by atoms with van der Waals surface area (Å²) < 4.78 is 10.1. The summed E-state index contributed by atoms with van der Waals surface area (Å²) in [5.74, 6) is 1.41. The van der Waals surface area contributed by atoms with Gasteiger partial charge in [-0.3, -0.25) is 0 Å². The van der Waals surface area contributed by atoms with Gasteiger partial charge >= 0.3 is 0 Å². The van der Waals surface area contributed by atoms with E-state index in [-0.39, 0.29) is 0 Å². The Morgan fingerprint density at radius 3 is 3.00 bits per heavy atom. The third-order valence-electron chi connectivity index (χ3n) is 2.23. The van der Waals surface area contributed by atoms with Crippen LogP contribution in [0.25, 0.3) is 0 Å². The molecule has 0 aliphatic rings. The van der Waals surface area contributed by atoms with Crippen LogP contribution in [-0.4, -0.2) is 12.3 Å². The van der Waals surface area contributed by atoms with Gasteiger partial charge in [0.05, 0.1) is 31.2 Å². The fraction of sp³-hybridized carbons (Fsp3) is 0.182. The predicted molar refractivity (Wildman–Crippen MR) is 61.2 cm³/mol. The number of nitrogen functional groups attached to an aromatic ring is 1. The average molecular weight is 219 g/mol. The van der Waals surface area contributed by atoms with Gasteiger partial charge < -0.3 is 20.3 Å². The number of rotatable bonds is 4. The van der Waals surface area contributed by atoms with Crippen LogP contribution in [0, 0.1) is 0 Å². The minimum absolute atomic E-state index is 0.539. The number of benzene rings is 1. The van der Waals surface area contributed by atoms with Gasteiger partial charge in [0.15, 0.2) is 5.76 Å². The molecule has 0 amide bonds. The summed E-state index contributed by atoms with van der Waals surface area (Å²) in [7, 11) is 1.59. The molecule has 0 unspecified atom stereocenters. The summed E-state index contributed by atoms with van der Waals surface area (Å²) in [4.78, 5) is 0. The van der Waals surface area contributed by atoms with Crippen molar-refractivity contribution in [3.63, 3.8) is 0 Å². The van der Waals surface area contributed by atoms with Crippen molar-refractivity contribution in [2.45, 2.75) is 6.54 Å². The SMILES string of the molecule is COc1cccc(NCc2ccno2)c1N. The minimum atomic E-state index is 0.539. The maximum atomic E-state index is 5.90. The largest absolute Gasteiger partial charge is 0.495 e. The van der Waals surface area contributed by atoms with Crippen LogP contribution in [0.3, 0.4) is 0 Å². The number of ether oxygens (including phenoxy) is 1. The van der Waals surface area contributed by atoms with Crippen LogP contribution in [0.1, 0.15) is 5.76 Å². The summed E-state index contributed by atoms with van der Waals surface area (Å²) in [5.41, 5.74) is 7.30. The predicted octanol–water partition coefficient (Wildman–Crippen LogP) is 1.88. The van der Waals surface area contributed by atoms with E-state index in [2.05, 4.69) is 10.5 Å². The van der Waals surface area contributed by atoms with Gasteiger partial charge in [0.2, 0.25) is 0 Å². The van der Waals surface area contributed by atoms with Gasteiger partial charge in [-0.2, -0.15) is 0 Å². The molecule has 5 heteroatoms. The second kappa shape index (κ2) is 4.57. The first-order valence-corrected chi connectivity index (χ1v) is 4.87. The van der Waals surface area contributed by atoms with Crippen molar-refractivity contribution in [2.24, 2.45) is 0 Å². The van der Waals surface area contributed by atoms with Gasteiger partial charge in [0.1, 0.15) is 5.75 Å². The third-order valence-corrected chi connectivity index (χ3v) is 2.23. The van der Waals surface area contributed by atoms with Gasteiger partial charge in [-0.05, 0) is 12.1 Å². The van der Waals surface area contributed by atoms with E-state index in [9.17, 15) is 0 Å². The van der Waals surface area contributed by atoms with E-state index in [0.29, 0.717) is 18.0 Å². The molecule has 5 nitrogen and oxygen atoms in total. The summed E-state index contributed by atoms with van der Waals surface area (Å²) in [6.07, 6.45) is 1.60. The highest BCUT2D eigenvalue weighted by atomic mass is 16.5. The standard InChI is InChI=1S/C11H13N3O2/c1-15-10-4-2-3-9(11(10)12)13-7-8-5-6-14-16-8/h2-6,13H,7,12H2,1H3. The van der Waals surface area contributed by atoms with E-state index in [1.165, 1.54) is 0 Å². The van der Waals surface area contributed by atoms with E-state index >= 15 is 0 Å². The fourth-order valence-corrected chi connectivity index (χ4v) is 1.39. The molecular weight excluding hydrogens is 206 g/mol. The van der Waals surface area contributed by atoms with Gasteiger partial charge in [0, 0.05) is 6.07 Å². The lowest BCUT2D eigenvalue weighted by atomic mass is 10.2. The van der Waals surface area contributed by atoms with Crippen molar-refractivity contribution in [1.29, 1.82) is 0 Å². The van der Waals surface area contributed by atoms with Crippen molar-refractivity contribution in [3.8, 4) is 5.75 Å². The smallest absolute Gasteiger partial charge is 0.155 e. The Hall–Kier alpha value is -2.17. The van der Waals surface area contributed by atoms with Crippen molar-refractivity contribution >= 4 is 11.4 Å². The zero-order valence-corrected chi connectivity index (χ0v) is 8.93. The maximum Gasteiger partial charge on any atom is 0.155 e. The second-order valence-corrected chi connectivity index (χ2v) is 3.25. The average Bonchev–Trinajstić information content (AvgIpc) is 2.81. The van der Waals surface area contributed by atoms with E-state index in [4.69, 9.17) is 15.0 Å². The number of hydrogen-bond acceptors (Lipinski definition) is 5. The maximum absolute atomic E-state index is 5.90. The molecule has 16 heavy (non-hydrogen) atoms. The molecule has 0 saturated carbocycles. The molecule has 1 aromatic heterocycles. The first kappa shape index (κ1) is 10.4. The molecule has 0 saturated heterocycles. The van der Waals surface area contributed by atoms with Crippen LogP contribution < -0.4 is 15.8 Å². The Bertz CT molecular complexity index is 454. The van der Waals surface area contributed by atoms with Gasteiger partial charge in [0.25, 0.3) is 0 Å². The number of nitrogens with one attached hydrogen (secondary N) is 1. The monoisotopic (exact) mass is 219 g/mol. The van der Waals surface area contributed by atoms with Gasteiger partial charge in [-0.25, -0.2) is 0 Å². The highest BCUT2D eigenvalue weighted by molar-refractivity contribution is 5.72. The van der Waals surface area contributed by atoms with Crippen LogP contribution in [-0.2, 0) is 6.54 Å². The molecule has 0 aliphatic heterocycles. The molecule has 0 atom stereocenters. The van der Waals surface area contributed by atoms with Crippen molar-refractivity contribution in [2.75, 3.05) is 18.2 Å². The Balaban J connectivity index is 2.09.